The second-order valence-electron chi connectivity index (χ2n) is 4.53. The molecule has 2 fully saturated rings. The van der Waals surface area contributed by atoms with Crippen LogP contribution in [-0.2, 0) is 9.53 Å². The van der Waals surface area contributed by atoms with Gasteiger partial charge in [0, 0.05) is 26.2 Å². The summed E-state index contributed by atoms with van der Waals surface area (Å²) in [6.07, 6.45) is 0.442. The van der Waals surface area contributed by atoms with Crippen molar-refractivity contribution in [3.63, 3.8) is 0 Å². The molecule has 2 N–H and O–H groups in total. The zero-order valence-corrected chi connectivity index (χ0v) is 9.03. The molecule has 0 bridgehead atoms. The first kappa shape index (κ1) is 10.9. The normalized spacial score (nSPS) is 30.9. The van der Waals surface area contributed by atoms with E-state index in [4.69, 9.17) is 9.84 Å². The van der Waals surface area contributed by atoms with Gasteiger partial charge in [0.2, 0.25) is 0 Å². The maximum absolute atomic E-state index is 10.8. The van der Waals surface area contributed by atoms with Crippen molar-refractivity contribution in [2.24, 2.45) is 0 Å². The van der Waals surface area contributed by atoms with E-state index in [1.807, 2.05) is 6.92 Å². The highest BCUT2D eigenvalue weighted by molar-refractivity contribution is 5.68. The molecule has 5 heteroatoms. The molecule has 0 aliphatic carbocycles. The average molecular weight is 214 g/mol. The number of carbonyl (C=O) groups is 1. The Morgan fingerprint density at radius 3 is 2.87 bits per heavy atom. The fourth-order valence-electron chi connectivity index (χ4n) is 2.40. The molecule has 2 rings (SSSR count). The summed E-state index contributed by atoms with van der Waals surface area (Å²) < 4.78 is 5.47. The zero-order valence-electron chi connectivity index (χ0n) is 9.03. The fourth-order valence-corrected chi connectivity index (χ4v) is 2.40. The van der Waals surface area contributed by atoms with Crippen molar-refractivity contribution < 1.29 is 14.6 Å². The number of nitrogens with zero attached hydrogens (tertiary/aromatic N) is 1. The largest absolute Gasteiger partial charge is 0.481 e. The second-order valence-corrected chi connectivity index (χ2v) is 4.53. The van der Waals surface area contributed by atoms with Crippen molar-refractivity contribution in [3.05, 3.63) is 0 Å². The van der Waals surface area contributed by atoms with Gasteiger partial charge in [-0.1, -0.05) is 0 Å². The van der Waals surface area contributed by atoms with Gasteiger partial charge >= 0.3 is 5.97 Å². The van der Waals surface area contributed by atoms with Crippen LogP contribution in [0.3, 0.4) is 0 Å². The lowest BCUT2D eigenvalue weighted by Gasteiger charge is -2.52. The average Bonchev–Trinajstić information content (AvgIpc) is 2.11. The van der Waals surface area contributed by atoms with Gasteiger partial charge in [-0.3, -0.25) is 9.69 Å². The van der Waals surface area contributed by atoms with Crippen LogP contribution in [-0.4, -0.2) is 60.4 Å². The number of aliphatic carboxylic acids is 1. The van der Waals surface area contributed by atoms with Crippen LogP contribution in [0.5, 0.6) is 0 Å². The van der Waals surface area contributed by atoms with Crippen molar-refractivity contribution in [1.29, 1.82) is 0 Å². The molecular formula is C10H18N2O3. The van der Waals surface area contributed by atoms with Crippen LogP contribution >= 0.6 is 0 Å². The van der Waals surface area contributed by atoms with Crippen molar-refractivity contribution in [2.45, 2.75) is 25.0 Å². The van der Waals surface area contributed by atoms with Gasteiger partial charge in [-0.25, -0.2) is 0 Å². The number of hydrogen-bond donors (Lipinski definition) is 2. The van der Waals surface area contributed by atoms with E-state index < -0.39 is 5.97 Å². The van der Waals surface area contributed by atoms with E-state index in [0.717, 1.165) is 26.2 Å². The summed E-state index contributed by atoms with van der Waals surface area (Å²) in [5.41, 5.74) is -0.163. The van der Waals surface area contributed by atoms with Crippen LogP contribution in [0.2, 0.25) is 0 Å². The Kier molecular flexibility index (Phi) is 2.95. The molecule has 5 nitrogen and oxygen atoms in total. The highest BCUT2D eigenvalue weighted by atomic mass is 16.5. The predicted octanol–water partition coefficient (Wildman–Crippen LogP) is -0.476. The standard InChI is InChI=1S/C10H18N2O3/c1-8-5-12(2-3-15-8)10(4-9(13)14)6-11-7-10/h8,11H,2-7H2,1H3,(H,13,14). The minimum absolute atomic E-state index is 0.163. The molecule has 86 valence electrons. The molecule has 0 radical (unpaired) electrons. The van der Waals surface area contributed by atoms with Crippen molar-refractivity contribution in [2.75, 3.05) is 32.8 Å². The summed E-state index contributed by atoms with van der Waals surface area (Å²) in [6, 6.07) is 0. The van der Waals surface area contributed by atoms with Crippen molar-refractivity contribution in [3.8, 4) is 0 Å². The smallest absolute Gasteiger partial charge is 0.305 e. The van der Waals surface area contributed by atoms with E-state index in [1.54, 1.807) is 0 Å². The Balaban J connectivity index is 2.01. The Bertz CT molecular complexity index is 253. The third-order valence-electron chi connectivity index (χ3n) is 3.30. The third kappa shape index (κ3) is 2.14. The zero-order chi connectivity index (χ0) is 10.9. The fraction of sp³-hybridized carbons (Fsp3) is 0.900. The van der Waals surface area contributed by atoms with Crippen LogP contribution < -0.4 is 5.32 Å². The quantitative estimate of drug-likeness (QED) is 0.664. The molecule has 2 aliphatic rings. The van der Waals surface area contributed by atoms with Gasteiger partial charge in [0.25, 0.3) is 0 Å². The van der Waals surface area contributed by atoms with E-state index >= 15 is 0 Å². The first-order valence-corrected chi connectivity index (χ1v) is 5.42. The van der Waals surface area contributed by atoms with E-state index in [1.165, 1.54) is 0 Å². The highest BCUT2D eigenvalue weighted by Crippen LogP contribution is 2.26. The maximum Gasteiger partial charge on any atom is 0.305 e. The number of ether oxygens (including phenoxy) is 1. The number of carboxylic acids is 1. The Labute approximate surface area is 89.4 Å². The Hall–Kier alpha value is -0.650. The van der Waals surface area contributed by atoms with Gasteiger partial charge in [0.05, 0.1) is 24.7 Å². The second kappa shape index (κ2) is 4.08. The molecule has 2 aliphatic heterocycles. The summed E-state index contributed by atoms with van der Waals surface area (Å²) >= 11 is 0. The molecule has 0 spiro atoms. The van der Waals surface area contributed by atoms with Gasteiger partial charge in [-0.15, -0.1) is 0 Å². The number of morpholine rings is 1. The number of hydrogen-bond acceptors (Lipinski definition) is 4. The van der Waals surface area contributed by atoms with Gasteiger partial charge in [0.1, 0.15) is 0 Å². The van der Waals surface area contributed by atoms with Crippen LogP contribution in [0.25, 0.3) is 0 Å². The SMILES string of the molecule is CC1CN(C2(CC(=O)O)CNC2)CCO1. The molecule has 2 heterocycles. The lowest BCUT2D eigenvalue weighted by atomic mass is 9.85. The molecule has 0 aromatic rings. The molecule has 0 saturated carbocycles. The lowest BCUT2D eigenvalue weighted by molar-refractivity contribution is -0.145. The molecular weight excluding hydrogens is 196 g/mol. The van der Waals surface area contributed by atoms with Gasteiger partial charge in [-0.05, 0) is 6.92 Å². The summed E-state index contributed by atoms with van der Waals surface area (Å²) in [6.45, 7) is 6.00. The monoisotopic (exact) mass is 214 g/mol. The third-order valence-corrected chi connectivity index (χ3v) is 3.30. The van der Waals surface area contributed by atoms with Crippen molar-refractivity contribution >= 4 is 5.97 Å². The first-order valence-electron chi connectivity index (χ1n) is 5.42. The maximum atomic E-state index is 10.8. The number of rotatable bonds is 3. The van der Waals surface area contributed by atoms with Gasteiger partial charge in [-0.2, -0.15) is 0 Å². The van der Waals surface area contributed by atoms with Gasteiger partial charge < -0.3 is 15.2 Å². The molecule has 15 heavy (non-hydrogen) atoms. The molecule has 0 amide bonds. The Morgan fingerprint density at radius 1 is 1.67 bits per heavy atom. The van der Waals surface area contributed by atoms with Crippen LogP contribution in [0.15, 0.2) is 0 Å². The van der Waals surface area contributed by atoms with Crippen molar-refractivity contribution in [1.82, 2.24) is 10.2 Å². The molecule has 0 aromatic heterocycles. The van der Waals surface area contributed by atoms with Crippen LogP contribution in [0, 0.1) is 0 Å². The summed E-state index contributed by atoms with van der Waals surface area (Å²) in [5, 5.41) is 12.1. The predicted molar refractivity (Wildman–Crippen MR) is 54.8 cm³/mol. The van der Waals surface area contributed by atoms with E-state index in [9.17, 15) is 4.79 Å². The van der Waals surface area contributed by atoms with E-state index in [-0.39, 0.29) is 18.1 Å². The molecule has 1 unspecified atom stereocenters. The molecule has 2 saturated heterocycles. The minimum Gasteiger partial charge on any atom is -0.481 e. The first-order chi connectivity index (χ1) is 7.12. The molecule has 1 atom stereocenters. The Morgan fingerprint density at radius 2 is 2.40 bits per heavy atom. The minimum atomic E-state index is -0.712. The van der Waals surface area contributed by atoms with E-state index in [2.05, 4.69) is 10.2 Å². The number of carboxylic acid groups (broad SMARTS) is 1. The summed E-state index contributed by atoms with van der Waals surface area (Å²) in [7, 11) is 0. The van der Waals surface area contributed by atoms with Gasteiger partial charge in [0.15, 0.2) is 0 Å². The van der Waals surface area contributed by atoms with Crippen LogP contribution in [0.1, 0.15) is 13.3 Å². The van der Waals surface area contributed by atoms with Crippen LogP contribution in [0.4, 0.5) is 0 Å². The lowest BCUT2D eigenvalue weighted by Crippen LogP contribution is -2.71. The highest BCUT2D eigenvalue weighted by Gasteiger charge is 2.45. The summed E-state index contributed by atoms with van der Waals surface area (Å²) in [4.78, 5) is 13.1. The number of nitrogens with one attached hydrogen (secondary N) is 1. The molecule has 0 aromatic carbocycles. The van der Waals surface area contributed by atoms with E-state index in [0.29, 0.717) is 6.61 Å². The topological polar surface area (TPSA) is 61.8 Å². The summed E-state index contributed by atoms with van der Waals surface area (Å²) in [5.74, 6) is -0.712.